The average Bonchev–Trinajstić information content (AvgIpc) is 2.67. The van der Waals surface area contributed by atoms with Gasteiger partial charge in [0.1, 0.15) is 11.4 Å². The van der Waals surface area contributed by atoms with E-state index in [4.69, 9.17) is 14.2 Å². The largest absolute Gasteiger partial charge is 0.494 e. The van der Waals surface area contributed by atoms with Gasteiger partial charge in [-0.05, 0) is 12.1 Å². The van der Waals surface area contributed by atoms with Crippen LogP contribution in [0.5, 0.6) is 17.2 Å². The first kappa shape index (κ1) is 17.3. The van der Waals surface area contributed by atoms with E-state index in [-0.39, 0.29) is 22.3 Å². The molecule has 0 aliphatic carbocycles. The van der Waals surface area contributed by atoms with Crippen LogP contribution in [0.15, 0.2) is 47.3 Å². The summed E-state index contributed by atoms with van der Waals surface area (Å²) in [5.41, 5.74) is 0.705. The molecule has 1 heterocycles. The second-order valence-electron chi connectivity index (χ2n) is 5.43. The maximum absolute atomic E-state index is 12.7. The monoisotopic (exact) mass is 354 g/mol. The molecule has 26 heavy (non-hydrogen) atoms. The van der Waals surface area contributed by atoms with Crippen molar-refractivity contribution < 1.29 is 19.0 Å². The van der Waals surface area contributed by atoms with Gasteiger partial charge >= 0.3 is 0 Å². The summed E-state index contributed by atoms with van der Waals surface area (Å²) in [4.78, 5) is 28.2. The number of para-hydroxylation sites is 1. The first-order valence-electron chi connectivity index (χ1n) is 7.81. The molecule has 2 N–H and O–H groups in total. The first-order chi connectivity index (χ1) is 12.6. The minimum Gasteiger partial charge on any atom is -0.494 e. The number of carbonyl (C=O) groups excluding carboxylic acids is 1. The maximum atomic E-state index is 12.7. The van der Waals surface area contributed by atoms with E-state index in [0.29, 0.717) is 22.7 Å². The number of methoxy groups -OCH3 is 3. The lowest BCUT2D eigenvalue weighted by Gasteiger charge is -2.14. The lowest BCUT2D eigenvalue weighted by molar-refractivity contribution is 0.102. The predicted molar refractivity (Wildman–Crippen MR) is 98.6 cm³/mol. The standard InChI is InChI=1S/C19H18N2O5/c1-24-14-10-15(25-2)18(26-3)16-13(22)9-12(21-17(14)16)19(23)20-11-7-5-4-6-8-11/h4-10H,1-3H3,(H,20,23)(H,21,22). The summed E-state index contributed by atoms with van der Waals surface area (Å²) in [5, 5.41) is 2.98. The molecule has 0 unspecified atom stereocenters. The number of pyridine rings is 1. The fourth-order valence-electron chi connectivity index (χ4n) is 2.71. The minimum absolute atomic E-state index is 0.108. The molecule has 0 saturated heterocycles. The zero-order valence-electron chi connectivity index (χ0n) is 14.6. The molecule has 3 rings (SSSR count). The Hall–Kier alpha value is -3.48. The summed E-state index contributed by atoms with van der Waals surface area (Å²) in [6.07, 6.45) is 0. The van der Waals surface area contributed by atoms with E-state index in [1.807, 2.05) is 6.07 Å². The van der Waals surface area contributed by atoms with Gasteiger partial charge in [-0.2, -0.15) is 0 Å². The van der Waals surface area contributed by atoms with Gasteiger partial charge in [-0.15, -0.1) is 0 Å². The molecule has 0 radical (unpaired) electrons. The highest BCUT2D eigenvalue weighted by molar-refractivity contribution is 6.05. The Bertz CT molecular complexity index is 1010. The average molecular weight is 354 g/mol. The van der Waals surface area contributed by atoms with E-state index in [1.54, 1.807) is 30.3 Å². The fraction of sp³-hybridized carbons (Fsp3) is 0.158. The van der Waals surface area contributed by atoms with Crippen molar-refractivity contribution in [2.24, 2.45) is 0 Å². The molecular weight excluding hydrogens is 336 g/mol. The van der Waals surface area contributed by atoms with Crippen molar-refractivity contribution in [2.45, 2.75) is 0 Å². The number of benzene rings is 2. The van der Waals surface area contributed by atoms with Crippen LogP contribution in [0.4, 0.5) is 5.69 Å². The van der Waals surface area contributed by atoms with Crippen molar-refractivity contribution in [3.63, 3.8) is 0 Å². The van der Waals surface area contributed by atoms with Gasteiger partial charge in [0.2, 0.25) is 0 Å². The zero-order chi connectivity index (χ0) is 18.7. The first-order valence-corrected chi connectivity index (χ1v) is 7.81. The lowest BCUT2D eigenvalue weighted by Crippen LogP contribution is -2.17. The number of fused-ring (bicyclic) bond motifs is 1. The third-order valence-electron chi connectivity index (χ3n) is 3.91. The molecule has 0 spiro atoms. The number of H-pyrrole nitrogens is 1. The van der Waals surface area contributed by atoms with Crippen molar-refractivity contribution in [3.05, 3.63) is 58.4 Å². The molecule has 2 aromatic carbocycles. The van der Waals surface area contributed by atoms with Crippen LogP contribution in [-0.2, 0) is 0 Å². The SMILES string of the molecule is COc1cc(OC)c2[nH]c(C(=O)Nc3ccccc3)cc(=O)c2c1OC. The Labute approximate surface area is 149 Å². The van der Waals surface area contributed by atoms with Crippen molar-refractivity contribution >= 4 is 22.5 Å². The van der Waals surface area contributed by atoms with Crippen LogP contribution in [0.1, 0.15) is 10.5 Å². The van der Waals surface area contributed by atoms with E-state index in [1.165, 1.54) is 27.4 Å². The van der Waals surface area contributed by atoms with E-state index in [0.717, 1.165) is 0 Å². The number of hydrogen-bond donors (Lipinski definition) is 2. The molecular formula is C19H18N2O5. The summed E-state index contributed by atoms with van der Waals surface area (Å²) in [6.45, 7) is 0. The number of aromatic amines is 1. The normalized spacial score (nSPS) is 10.4. The summed E-state index contributed by atoms with van der Waals surface area (Å²) in [7, 11) is 4.38. The number of aromatic nitrogens is 1. The molecule has 0 aliphatic rings. The van der Waals surface area contributed by atoms with Crippen LogP contribution >= 0.6 is 0 Å². The highest BCUT2D eigenvalue weighted by atomic mass is 16.5. The van der Waals surface area contributed by atoms with Crippen LogP contribution in [-0.4, -0.2) is 32.2 Å². The minimum atomic E-state index is -0.438. The number of rotatable bonds is 5. The van der Waals surface area contributed by atoms with Crippen LogP contribution in [0.2, 0.25) is 0 Å². The number of nitrogens with one attached hydrogen (secondary N) is 2. The zero-order valence-corrected chi connectivity index (χ0v) is 14.6. The fourth-order valence-corrected chi connectivity index (χ4v) is 2.71. The molecule has 134 valence electrons. The Morgan fingerprint density at radius 3 is 2.27 bits per heavy atom. The molecule has 0 bridgehead atoms. The van der Waals surface area contributed by atoms with E-state index < -0.39 is 5.91 Å². The molecule has 3 aromatic rings. The Kier molecular flexibility index (Phi) is 4.79. The van der Waals surface area contributed by atoms with Gasteiger partial charge in [0.05, 0.1) is 32.2 Å². The van der Waals surface area contributed by atoms with E-state index >= 15 is 0 Å². The predicted octanol–water partition coefficient (Wildman–Crippen LogP) is 2.81. The molecule has 0 atom stereocenters. The number of ether oxygens (including phenoxy) is 3. The van der Waals surface area contributed by atoms with Gasteiger partial charge in [-0.25, -0.2) is 0 Å². The van der Waals surface area contributed by atoms with Gasteiger partial charge in [-0.1, -0.05) is 18.2 Å². The second kappa shape index (κ2) is 7.18. The molecule has 1 amide bonds. The van der Waals surface area contributed by atoms with Crippen molar-refractivity contribution in [3.8, 4) is 17.2 Å². The van der Waals surface area contributed by atoms with Gasteiger partial charge in [0, 0.05) is 17.8 Å². The van der Waals surface area contributed by atoms with E-state index in [9.17, 15) is 9.59 Å². The van der Waals surface area contributed by atoms with Crippen molar-refractivity contribution in [2.75, 3.05) is 26.6 Å². The lowest BCUT2D eigenvalue weighted by atomic mass is 10.1. The summed E-state index contributed by atoms with van der Waals surface area (Å²) in [6, 6.07) is 11.8. The number of anilines is 1. The Morgan fingerprint density at radius 2 is 1.65 bits per heavy atom. The van der Waals surface area contributed by atoms with Crippen LogP contribution < -0.4 is 25.0 Å². The Morgan fingerprint density at radius 1 is 0.962 bits per heavy atom. The third kappa shape index (κ3) is 3.06. The van der Waals surface area contributed by atoms with Gasteiger partial charge < -0.3 is 24.5 Å². The van der Waals surface area contributed by atoms with Crippen LogP contribution in [0, 0.1) is 0 Å². The smallest absolute Gasteiger partial charge is 0.272 e. The van der Waals surface area contributed by atoms with Crippen LogP contribution in [0.3, 0.4) is 0 Å². The number of amides is 1. The van der Waals surface area contributed by atoms with E-state index in [2.05, 4.69) is 10.3 Å². The summed E-state index contributed by atoms with van der Waals surface area (Å²) >= 11 is 0. The number of carbonyl (C=O) groups is 1. The highest BCUT2D eigenvalue weighted by Gasteiger charge is 2.20. The molecule has 0 fully saturated rings. The highest BCUT2D eigenvalue weighted by Crippen LogP contribution is 2.38. The maximum Gasteiger partial charge on any atom is 0.272 e. The third-order valence-corrected chi connectivity index (χ3v) is 3.91. The molecule has 1 aromatic heterocycles. The topological polar surface area (TPSA) is 89.7 Å². The molecule has 0 saturated carbocycles. The number of hydrogen-bond acceptors (Lipinski definition) is 5. The van der Waals surface area contributed by atoms with Gasteiger partial charge in [0.25, 0.3) is 5.91 Å². The van der Waals surface area contributed by atoms with Crippen molar-refractivity contribution in [1.29, 1.82) is 0 Å². The Balaban J connectivity index is 2.15. The summed E-state index contributed by atoms with van der Waals surface area (Å²) in [5.74, 6) is 0.569. The molecule has 7 heteroatoms. The van der Waals surface area contributed by atoms with Gasteiger partial charge in [-0.3, -0.25) is 9.59 Å². The summed E-state index contributed by atoms with van der Waals surface area (Å²) < 4.78 is 15.9. The molecule has 0 aliphatic heterocycles. The molecule has 7 nitrogen and oxygen atoms in total. The quantitative estimate of drug-likeness (QED) is 0.735. The second-order valence-corrected chi connectivity index (χ2v) is 5.43. The van der Waals surface area contributed by atoms with Crippen molar-refractivity contribution in [1.82, 2.24) is 4.98 Å². The van der Waals surface area contributed by atoms with Gasteiger partial charge in [0.15, 0.2) is 16.9 Å². The van der Waals surface area contributed by atoms with Crippen LogP contribution in [0.25, 0.3) is 10.9 Å².